The summed E-state index contributed by atoms with van der Waals surface area (Å²) in [7, 11) is 0. The second-order valence-corrected chi connectivity index (χ2v) is 9.40. The fraction of sp³-hybridized carbons (Fsp3) is 0.480. The highest BCUT2D eigenvalue weighted by Gasteiger charge is 2.34. The van der Waals surface area contributed by atoms with Crippen molar-refractivity contribution in [3.63, 3.8) is 0 Å². The van der Waals surface area contributed by atoms with Gasteiger partial charge in [0.2, 0.25) is 5.91 Å². The second-order valence-electron chi connectivity index (χ2n) is 9.40. The van der Waals surface area contributed by atoms with E-state index in [1.807, 2.05) is 13.1 Å². The molecule has 1 unspecified atom stereocenters. The molecule has 1 aliphatic carbocycles. The second kappa shape index (κ2) is 8.19. The number of anilines is 1. The van der Waals surface area contributed by atoms with Crippen molar-refractivity contribution in [3.8, 4) is 0 Å². The van der Waals surface area contributed by atoms with E-state index in [4.69, 9.17) is 4.98 Å². The molecule has 2 saturated heterocycles. The SMILES string of the molecule is Cc1cc(C2CC2)cnc1N1CCN(C(=O)c2ccc([C@@H]3C(=O)NCC3C)cc2F)CC1. The molecular weight excluding hydrogens is 407 g/mol. The van der Waals surface area contributed by atoms with E-state index in [2.05, 4.69) is 23.2 Å². The first-order valence-electron chi connectivity index (χ1n) is 11.5. The van der Waals surface area contributed by atoms with E-state index in [9.17, 15) is 14.0 Å². The van der Waals surface area contributed by atoms with Crippen molar-refractivity contribution < 1.29 is 14.0 Å². The zero-order valence-electron chi connectivity index (χ0n) is 18.6. The van der Waals surface area contributed by atoms with Crippen LogP contribution in [0.4, 0.5) is 10.2 Å². The molecule has 168 valence electrons. The number of piperazine rings is 1. The van der Waals surface area contributed by atoms with Crippen LogP contribution in [0.25, 0.3) is 0 Å². The van der Waals surface area contributed by atoms with Gasteiger partial charge in [-0.05, 0) is 60.4 Å². The fourth-order valence-electron chi connectivity index (χ4n) is 4.98. The van der Waals surface area contributed by atoms with Gasteiger partial charge in [0, 0.05) is 38.9 Å². The monoisotopic (exact) mass is 436 g/mol. The third kappa shape index (κ3) is 3.85. The summed E-state index contributed by atoms with van der Waals surface area (Å²) in [6, 6.07) is 6.83. The molecular formula is C25H29FN4O2. The number of carbonyl (C=O) groups excluding carboxylic acids is 2. The molecule has 1 saturated carbocycles. The van der Waals surface area contributed by atoms with Gasteiger partial charge in [-0.1, -0.05) is 19.1 Å². The molecule has 7 heteroatoms. The van der Waals surface area contributed by atoms with E-state index in [0.717, 1.165) is 5.82 Å². The van der Waals surface area contributed by atoms with Crippen molar-refractivity contribution in [1.29, 1.82) is 0 Å². The van der Waals surface area contributed by atoms with Crippen molar-refractivity contribution in [1.82, 2.24) is 15.2 Å². The average Bonchev–Trinajstić information content (AvgIpc) is 3.58. The molecule has 32 heavy (non-hydrogen) atoms. The highest BCUT2D eigenvalue weighted by atomic mass is 19.1. The van der Waals surface area contributed by atoms with Crippen LogP contribution in [-0.2, 0) is 4.79 Å². The highest BCUT2D eigenvalue weighted by molar-refractivity contribution is 5.95. The quantitative estimate of drug-likeness (QED) is 0.799. The van der Waals surface area contributed by atoms with E-state index >= 15 is 0 Å². The highest BCUT2D eigenvalue weighted by Crippen LogP contribution is 2.40. The van der Waals surface area contributed by atoms with E-state index < -0.39 is 5.82 Å². The van der Waals surface area contributed by atoms with Gasteiger partial charge in [-0.3, -0.25) is 9.59 Å². The lowest BCUT2D eigenvalue weighted by atomic mass is 9.89. The minimum Gasteiger partial charge on any atom is -0.355 e. The largest absolute Gasteiger partial charge is 0.355 e. The number of aromatic nitrogens is 1. The van der Waals surface area contributed by atoms with Gasteiger partial charge in [-0.15, -0.1) is 0 Å². The lowest BCUT2D eigenvalue weighted by Crippen LogP contribution is -2.49. The summed E-state index contributed by atoms with van der Waals surface area (Å²) < 4.78 is 14.9. The molecule has 3 fully saturated rings. The molecule has 5 rings (SSSR count). The van der Waals surface area contributed by atoms with E-state index in [1.54, 1.807) is 11.0 Å². The molecule has 0 radical (unpaired) electrons. The van der Waals surface area contributed by atoms with Crippen LogP contribution >= 0.6 is 0 Å². The molecule has 2 atom stereocenters. The van der Waals surface area contributed by atoms with Gasteiger partial charge in [-0.25, -0.2) is 9.37 Å². The summed E-state index contributed by atoms with van der Waals surface area (Å²) in [6.45, 7) is 7.03. The maximum absolute atomic E-state index is 14.9. The first-order valence-corrected chi connectivity index (χ1v) is 11.5. The van der Waals surface area contributed by atoms with E-state index in [1.165, 1.54) is 36.1 Å². The Labute approximate surface area is 187 Å². The lowest BCUT2D eigenvalue weighted by molar-refractivity contribution is -0.120. The van der Waals surface area contributed by atoms with Crippen LogP contribution in [0, 0.1) is 18.7 Å². The van der Waals surface area contributed by atoms with Gasteiger partial charge in [-0.2, -0.15) is 0 Å². The molecule has 3 aliphatic rings. The maximum atomic E-state index is 14.9. The molecule has 1 aromatic carbocycles. The molecule has 2 aromatic rings. The summed E-state index contributed by atoms with van der Waals surface area (Å²) >= 11 is 0. The van der Waals surface area contributed by atoms with Crippen molar-refractivity contribution >= 4 is 17.6 Å². The van der Waals surface area contributed by atoms with Gasteiger partial charge in [0.25, 0.3) is 5.91 Å². The van der Waals surface area contributed by atoms with Gasteiger partial charge in [0.15, 0.2) is 0 Å². The Balaban J connectivity index is 1.25. The Hall–Kier alpha value is -2.96. The number of amides is 2. The number of hydrogen-bond donors (Lipinski definition) is 1. The Morgan fingerprint density at radius 3 is 2.47 bits per heavy atom. The fourth-order valence-corrected chi connectivity index (χ4v) is 4.98. The number of hydrogen-bond acceptors (Lipinski definition) is 4. The molecule has 0 spiro atoms. The summed E-state index contributed by atoms with van der Waals surface area (Å²) in [5.41, 5.74) is 3.18. The summed E-state index contributed by atoms with van der Waals surface area (Å²) in [5.74, 6) is 0.451. The third-order valence-corrected chi connectivity index (χ3v) is 7.02. The molecule has 1 N–H and O–H groups in total. The Morgan fingerprint density at radius 1 is 1.12 bits per heavy atom. The zero-order chi connectivity index (χ0) is 22.4. The molecule has 2 aliphatic heterocycles. The Morgan fingerprint density at radius 2 is 1.88 bits per heavy atom. The van der Waals surface area contributed by atoms with Crippen molar-refractivity contribution in [2.75, 3.05) is 37.6 Å². The van der Waals surface area contributed by atoms with Gasteiger partial charge < -0.3 is 15.1 Å². The first kappa shape index (κ1) is 20.9. The number of nitrogens with zero attached hydrogens (tertiary/aromatic N) is 3. The normalized spacial score (nSPS) is 23.4. The predicted octanol–water partition coefficient (Wildman–Crippen LogP) is 3.22. The number of halogens is 1. The predicted molar refractivity (Wildman–Crippen MR) is 120 cm³/mol. The molecule has 2 amide bonds. The van der Waals surface area contributed by atoms with Gasteiger partial charge >= 0.3 is 0 Å². The van der Waals surface area contributed by atoms with E-state index in [0.29, 0.717) is 44.2 Å². The van der Waals surface area contributed by atoms with Gasteiger partial charge in [0.1, 0.15) is 11.6 Å². The standard InChI is InChI=1S/C25H29FN4O2/c1-15-11-19(17-3-4-17)14-27-23(15)29-7-9-30(10-8-29)25(32)20-6-5-18(12-21(20)26)22-16(2)13-28-24(22)31/h5-6,11-12,14,16-17,22H,3-4,7-10,13H2,1-2H3,(H,28,31)/t16?,22-/m1/s1. The topological polar surface area (TPSA) is 65.5 Å². The summed E-state index contributed by atoms with van der Waals surface area (Å²) in [4.78, 5) is 33.7. The van der Waals surface area contributed by atoms with Crippen molar-refractivity contribution in [3.05, 3.63) is 58.5 Å². The van der Waals surface area contributed by atoms with Crippen LogP contribution < -0.4 is 10.2 Å². The smallest absolute Gasteiger partial charge is 0.256 e. The lowest BCUT2D eigenvalue weighted by Gasteiger charge is -2.36. The molecule has 6 nitrogen and oxygen atoms in total. The maximum Gasteiger partial charge on any atom is 0.256 e. The molecule has 1 aromatic heterocycles. The zero-order valence-corrected chi connectivity index (χ0v) is 18.6. The Bertz CT molecular complexity index is 1060. The summed E-state index contributed by atoms with van der Waals surface area (Å²) in [5, 5.41) is 2.81. The molecule has 0 bridgehead atoms. The minimum atomic E-state index is -0.560. The van der Waals surface area contributed by atoms with Gasteiger partial charge in [0.05, 0.1) is 11.5 Å². The third-order valence-electron chi connectivity index (χ3n) is 7.02. The minimum absolute atomic E-state index is 0.0661. The number of carbonyl (C=O) groups is 2. The van der Waals surface area contributed by atoms with Crippen LogP contribution in [-0.4, -0.2) is 54.4 Å². The van der Waals surface area contributed by atoms with Crippen molar-refractivity contribution in [2.24, 2.45) is 5.92 Å². The van der Waals surface area contributed by atoms with Crippen LogP contribution in [0.3, 0.4) is 0 Å². The van der Waals surface area contributed by atoms with Crippen LogP contribution in [0.1, 0.15) is 58.6 Å². The number of pyridine rings is 1. The van der Waals surface area contributed by atoms with E-state index in [-0.39, 0.29) is 29.2 Å². The summed E-state index contributed by atoms with van der Waals surface area (Å²) in [6.07, 6.45) is 4.50. The Kier molecular flexibility index (Phi) is 5.35. The molecule has 3 heterocycles. The van der Waals surface area contributed by atoms with Crippen molar-refractivity contribution in [2.45, 2.75) is 38.5 Å². The first-order chi connectivity index (χ1) is 15.4. The van der Waals surface area contributed by atoms with Crippen LogP contribution in [0.5, 0.6) is 0 Å². The average molecular weight is 437 g/mol. The number of benzene rings is 1. The number of rotatable bonds is 4. The number of aryl methyl sites for hydroxylation is 1. The van der Waals surface area contributed by atoms with Crippen LogP contribution in [0.15, 0.2) is 30.5 Å². The number of nitrogens with one attached hydrogen (secondary N) is 1. The van der Waals surface area contributed by atoms with Crippen LogP contribution in [0.2, 0.25) is 0 Å².